The summed E-state index contributed by atoms with van der Waals surface area (Å²) >= 11 is 4.95. The van der Waals surface area contributed by atoms with Gasteiger partial charge in [-0.3, -0.25) is 0 Å². The minimum atomic E-state index is -0.328. The van der Waals surface area contributed by atoms with Gasteiger partial charge >= 0.3 is 0 Å². The Morgan fingerprint density at radius 1 is 1.56 bits per heavy atom. The largest absolute Gasteiger partial charge is 0.392 e. The summed E-state index contributed by atoms with van der Waals surface area (Å²) in [5.74, 6) is 1.14. The van der Waals surface area contributed by atoms with Crippen LogP contribution in [0, 0.1) is 0 Å². The summed E-state index contributed by atoms with van der Waals surface area (Å²) in [7, 11) is 0. The minimum Gasteiger partial charge on any atom is -0.392 e. The topological polar surface area (TPSA) is 71.2 Å². The van der Waals surface area contributed by atoms with Crippen molar-refractivity contribution in [2.45, 2.75) is 18.6 Å². The molecule has 1 aliphatic heterocycles. The van der Waals surface area contributed by atoms with E-state index in [1.807, 2.05) is 11.4 Å². The maximum absolute atomic E-state index is 9.43. The average Bonchev–Trinajstić information content (AvgIpc) is 2.96. The van der Waals surface area contributed by atoms with Crippen LogP contribution >= 0.6 is 39.7 Å². The van der Waals surface area contributed by atoms with Gasteiger partial charge in [0, 0.05) is 16.4 Å². The van der Waals surface area contributed by atoms with Crippen LogP contribution in [-0.4, -0.2) is 27.9 Å². The van der Waals surface area contributed by atoms with Gasteiger partial charge in [-0.25, -0.2) is 0 Å². The van der Waals surface area contributed by atoms with Crippen molar-refractivity contribution in [3.63, 3.8) is 0 Å². The van der Waals surface area contributed by atoms with Crippen LogP contribution in [0.1, 0.15) is 18.4 Å². The van der Waals surface area contributed by atoms with Crippen LogP contribution in [0.5, 0.6) is 0 Å². The molecule has 5 nitrogen and oxygen atoms in total. The number of hydrogen-bond acceptors (Lipinski definition) is 6. The Labute approximate surface area is 122 Å². The molecule has 0 aliphatic carbocycles. The van der Waals surface area contributed by atoms with E-state index in [1.54, 1.807) is 11.3 Å². The molecule has 0 amide bonds. The number of nitrogens with one attached hydrogen (secondary N) is 1. The van der Waals surface area contributed by atoms with Gasteiger partial charge in [0.25, 0.3) is 0 Å². The standard InChI is InChI=1S/C10H10BrN3O2S.ClH/c11-5-1-8(17-4-5)9-13-10(16-14-9)7-2-6(15)3-12-7;/h1,4,6-7,12,15H,2-3H2;1H/t6-,7-;/m1./s1. The number of rotatable bonds is 2. The van der Waals surface area contributed by atoms with E-state index in [4.69, 9.17) is 4.52 Å². The Bertz CT molecular complexity index is 533. The lowest BCUT2D eigenvalue weighted by atomic mass is 10.2. The molecule has 0 spiro atoms. The predicted octanol–water partition coefficient (Wildman–Crippen LogP) is 2.38. The second-order valence-corrected chi connectivity index (χ2v) is 5.76. The van der Waals surface area contributed by atoms with E-state index in [1.165, 1.54) is 0 Å². The van der Waals surface area contributed by atoms with Gasteiger partial charge in [-0.15, -0.1) is 23.7 Å². The molecule has 2 atom stereocenters. The van der Waals surface area contributed by atoms with Crippen LogP contribution in [0.2, 0.25) is 0 Å². The highest BCUT2D eigenvalue weighted by atomic mass is 79.9. The van der Waals surface area contributed by atoms with Crippen molar-refractivity contribution in [3.8, 4) is 10.7 Å². The fourth-order valence-corrected chi connectivity index (χ4v) is 3.16. The molecular weight excluding hydrogens is 342 g/mol. The van der Waals surface area contributed by atoms with Crippen LogP contribution in [-0.2, 0) is 0 Å². The van der Waals surface area contributed by atoms with Crippen LogP contribution in [0.3, 0.4) is 0 Å². The highest BCUT2D eigenvalue weighted by Gasteiger charge is 2.28. The zero-order valence-electron chi connectivity index (χ0n) is 9.17. The maximum atomic E-state index is 9.43. The minimum absolute atomic E-state index is 0. The summed E-state index contributed by atoms with van der Waals surface area (Å²) in [5, 5.41) is 18.5. The molecule has 1 saturated heterocycles. The lowest BCUT2D eigenvalue weighted by molar-refractivity contribution is 0.191. The van der Waals surface area contributed by atoms with Gasteiger partial charge in [-0.1, -0.05) is 5.16 Å². The number of thiophene rings is 1. The number of aliphatic hydroxyl groups is 1. The highest BCUT2D eigenvalue weighted by Crippen LogP contribution is 2.29. The number of aromatic nitrogens is 2. The number of halogens is 2. The molecule has 2 aromatic rings. The zero-order chi connectivity index (χ0) is 11.8. The van der Waals surface area contributed by atoms with Gasteiger partial charge in [-0.2, -0.15) is 4.98 Å². The van der Waals surface area contributed by atoms with Crippen molar-refractivity contribution in [2.24, 2.45) is 0 Å². The van der Waals surface area contributed by atoms with E-state index >= 15 is 0 Å². The number of nitrogens with zero attached hydrogens (tertiary/aromatic N) is 2. The average molecular weight is 353 g/mol. The molecule has 98 valence electrons. The van der Waals surface area contributed by atoms with Crippen molar-refractivity contribution in [3.05, 3.63) is 21.8 Å². The van der Waals surface area contributed by atoms with Gasteiger partial charge in [-0.05, 0) is 28.4 Å². The summed E-state index contributed by atoms with van der Waals surface area (Å²) in [4.78, 5) is 5.31. The van der Waals surface area contributed by atoms with E-state index in [2.05, 4.69) is 31.4 Å². The van der Waals surface area contributed by atoms with E-state index < -0.39 is 0 Å². The third-order valence-electron chi connectivity index (χ3n) is 2.64. The molecule has 3 heterocycles. The van der Waals surface area contributed by atoms with Crippen LogP contribution < -0.4 is 5.32 Å². The number of hydrogen-bond donors (Lipinski definition) is 2. The fourth-order valence-electron chi connectivity index (χ4n) is 1.81. The SMILES string of the molecule is Cl.O[C@H]1CN[C@@H](c2nc(-c3cc(Br)cs3)no2)C1. The van der Waals surface area contributed by atoms with Gasteiger partial charge in [0.1, 0.15) is 0 Å². The molecule has 0 bridgehead atoms. The molecule has 0 aromatic carbocycles. The predicted molar refractivity (Wildman–Crippen MR) is 73.9 cm³/mol. The monoisotopic (exact) mass is 351 g/mol. The van der Waals surface area contributed by atoms with Crippen LogP contribution in [0.25, 0.3) is 10.7 Å². The summed E-state index contributed by atoms with van der Waals surface area (Å²) in [6.45, 7) is 0.576. The quantitative estimate of drug-likeness (QED) is 0.868. The molecule has 8 heteroatoms. The first-order valence-electron chi connectivity index (χ1n) is 5.22. The van der Waals surface area contributed by atoms with Crippen molar-refractivity contribution in [2.75, 3.05) is 6.54 Å². The number of aliphatic hydroxyl groups excluding tert-OH is 1. The molecular formula is C10H11BrClN3O2S. The molecule has 18 heavy (non-hydrogen) atoms. The molecule has 1 aliphatic rings. The summed E-state index contributed by atoms with van der Waals surface area (Å²) in [6.07, 6.45) is 0.293. The first-order chi connectivity index (χ1) is 8.22. The van der Waals surface area contributed by atoms with E-state index in [0.717, 1.165) is 9.35 Å². The van der Waals surface area contributed by atoms with Crippen LogP contribution in [0.4, 0.5) is 0 Å². The fraction of sp³-hybridized carbons (Fsp3) is 0.400. The summed E-state index contributed by atoms with van der Waals surface area (Å²) in [6, 6.07) is 1.92. The summed E-state index contributed by atoms with van der Waals surface area (Å²) < 4.78 is 6.23. The number of β-amino-alcohol motifs (C(OH)–C–C–N with tert-alkyl or cyclic N) is 1. The Hall–Kier alpha value is -0.470. The van der Waals surface area contributed by atoms with E-state index in [0.29, 0.717) is 24.7 Å². The van der Waals surface area contributed by atoms with Crippen molar-refractivity contribution < 1.29 is 9.63 Å². The molecule has 0 radical (unpaired) electrons. The Balaban J connectivity index is 0.00000120. The van der Waals surface area contributed by atoms with Crippen molar-refractivity contribution in [1.82, 2.24) is 15.5 Å². The van der Waals surface area contributed by atoms with E-state index in [-0.39, 0.29) is 24.6 Å². The van der Waals surface area contributed by atoms with Gasteiger partial charge in [0.15, 0.2) is 0 Å². The third-order valence-corrected chi connectivity index (χ3v) is 4.32. The maximum Gasteiger partial charge on any atom is 0.244 e. The first kappa shape index (κ1) is 14.0. The van der Waals surface area contributed by atoms with Gasteiger partial charge in [0.05, 0.1) is 17.0 Å². The molecule has 2 N–H and O–H groups in total. The van der Waals surface area contributed by atoms with Crippen molar-refractivity contribution >= 4 is 39.7 Å². The second kappa shape index (κ2) is 5.66. The van der Waals surface area contributed by atoms with Gasteiger partial charge < -0.3 is 14.9 Å². The molecule has 2 aromatic heterocycles. The molecule has 1 fully saturated rings. The Morgan fingerprint density at radius 2 is 2.39 bits per heavy atom. The zero-order valence-corrected chi connectivity index (χ0v) is 12.4. The Morgan fingerprint density at radius 3 is 3.00 bits per heavy atom. The third kappa shape index (κ3) is 2.75. The van der Waals surface area contributed by atoms with Crippen molar-refractivity contribution in [1.29, 1.82) is 0 Å². The van der Waals surface area contributed by atoms with E-state index in [9.17, 15) is 5.11 Å². The first-order valence-corrected chi connectivity index (χ1v) is 6.89. The second-order valence-electron chi connectivity index (χ2n) is 3.94. The lowest BCUT2D eigenvalue weighted by Crippen LogP contribution is -2.15. The van der Waals surface area contributed by atoms with Gasteiger partial charge in [0.2, 0.25) is 11.7 Å². The molecule has 0 unspecified atom stereocenters. The molecule has 3 rings (SSSR count). The smallest absolute Gasteiger partial charge is 0.244 e. The molecule has 0 saturated carbocycles. The summed E-state index contributed by atoms with van der Waals surface area (Å²) in [5.41, 5.74) is 0. The Kier molecular flexibility index (Phi) is 4.39. The van der Waals surface area contributed by atoms with Crippen LogP contribution in [0.15, 0.2) is 20.4 Å². The highest BCUT2D eigenvalue weighted by molar-refractivity contribution is 9.10. The lowest BCUT2D eigenvalue weighted by Gasteiger charge is -2.01. The normalized spacial score (nSPS) is 23.0.